The van der Waals surface area contributed by atoms with E-state index in [1.807, 2.05) is 0 Å². The van der Waals surface area contributed by atoms with Gasteiger partial charge in [-0.3, -0.25) is 4.79 Å². The molecular weight excluding hydrogens is 366 g/mol. The topological polar surface area (TPSA) is 20.3 Å². The van der Waals surface area contributed by atoms with Crippen LogP contribution < -0.4 is 4.90 Å². The smallest absolute Gasteiger partial charge is 0.302 e. The van der Waals surface area contributed by atoms with Crippen LogP contribution in [0.4, 0.5) is 23.2 Å². The van der Waals surface area contributed by atoms with Gasteiger partial charge in [-0.05, 0) is 35.9 Å². The van der Waals surface area contributed by atoms with E-state index in [1.165, 1.54) is 24.3 Å². The number of carbonyl (C=O) groups excluding carboxylic acids is 1. The maximum Gasteiger partial charge on any atom is 0.352 e. The van der Waals surface area contributed by atoms with Gasteiger partial charge in [-0.25, -0.2) is 8.78 Å². The van der Waals surface area contributed by atoms with Gasteiger partial charge in [-0.1, -0.05) is 22.0 Å². The first kappa shape index (κ1) is 15.0. The second kappa shape index (κ2) is 5.08. The molecule has 3 rings (SSSR count). The molecule has 1 heterocycles. The molecule has 2 aromatic carbocycles. The fourth-order valence-corrected chi connectivity index (χ4v) is 2.73. The Balaban J connectivity index is 2.01. The van der Waals surface area contributed by atoms with Crippen molar-refractivity contribution in [3.05, 3.63) is 63.6 Å². The summed E-state index contributed by atoms with van der Waals surface area (Å²) >= 11 is 3.09. The molecule has 0 aromatic heterocycles. The minimum atomic E-state index is -3.64. The third-order valence-corrected chi connectivity index (χ3v) is 3.92. The van der Waals surface area contributed by atoms with E-state index in [1.54, 1.807) is 0 Å². The van der Waals surface area contributed by atoms with Crippen molar-refractivity contribution < 1.29 is 22.4 Å². The van der Waals surface area contributed by atoms with Crippen LogP contribution in [-0.2, 0) is 17.3 Å². The van der Waals surface area contributed by atoms with Gasteiger partial charge >= 0.3 is 11.8 Å². The first-order chi connectivity index (χ1) is 10.3. The lowest BCUT2D eigenvalue weighted by Gasteiger charge is -2.17. The molecule has 0 fully saturated rings. The van der Waals surface area contributed by atoms with E-state index < -0.39 is 29.0 Å². The molecule has 1 aliphatic heterocycles. The molecule has 0 bridgehead atoms. The zero-order valence-corrected chi connectivity index (χ0v) is 12.5. The molecule has 114 valence electrons. The molecule has 1 aliphatic rings. The molecule has 0 saturated heterocycles. The van der Waals surface area contributed by atoms with Crippen molar-refractivity contribution in [2.45, 2.75) is 12.5 Å². The van der Waals surface area contributed by atoms with Gasteiger partial charge in [0.1, 0.15) is 0 Å². The van der Waals surface area contributed by atoms with E-state index in [-0.39, 0.29) is 17.8 Å². The van der Waals surface area contributed by atoms with Crippen LogP contribution in [0.25, 0.3) is 0 Å². The highest BCUT2D eigenvalue weighted by molar-refractivity contribution is 9.10. The van der Waals surface area contributed by atoms with E-state index in [4.69, 9.17) is 0 Å². The van der Waals surface area contributed by atoms with Crippen molar-refractivity contribution in [3.63, 3.8) is 0 Å². The standard InChI is InChI=1S/C15H8BrF4NO/c16-9-2-4-13-10(6-9)15(19,20)14(22)21(13)7-8-1-3-11(17)12(18)5-8/h1-6H,7H2. The molecular formula is C15H8BrF4NO. The average Bonchev–Trinajstić information content (AvgIpc) is 2.64. The predicted molar refractivity (Wildman–Crippen MR) is 75.6 cm³/mol. The number of fused-ring (bicyclic) bond motifs is 1. The first-order valence-electron chi connectivity index (χ1n) is 6.24. The second-order valence-corrected chi connectivity index (χ2v) is 5.79. The highest BCUT2D eigenvalue weighted by Crippen LogP contribution is 2.45. The number of hydrogen-bond acceptors (Lipinski definition) is 1. The molecule has 2 nitrogen and oxygen atoms in total. The molecule has 0 unspecified atom stereocenters. The molecule has 0 aliphatic carbocycles. The zero-order valence-electron chi connectivity index (χ0n) is 10.9. The number of anilines is 1. The number of carbonyl (C=O) groups is 1. The van der Waals surface area contributed by atoms with Crippen LogP contribution in [0.2, 0.25) is 0 Å². The van der Waals surface area contributed by atoms with Crippen LogP contribution in [0.3, 0.4) is 0 Å². The van der Waals surface area contributed by atoms with Crippen LogP contribution in [0, 0.1) is 11.6 Å². The Morgan fingerprint density at radius 3 is 2.45 bits per heavy atom. The van der Waals surface area contributed by atoms with Gasteiger partial charge in [0.15, 0.2) is 11.6 Å². The van der Waals surface area contributed by atoms with Gasteiger partial charge in [0.05, 0.1) is 17.8 Å². The normalized spacial score (nSPS) is 16.0. The summed E-state index contributed by atoms with van der Waals surface area (Å²) in [4.78, 5) is 12.8. The van der Waals surface area contributed by atoms with Gasteiger partial charge in [0, 0.05) is 4.47 Å². The van der Waals surface area contributed by atoms with Gasteiger partial charge in [0.2, 0.25) is 0 Å². The zero-order chi connectivity index (χ0) is 16.1. The van der Waals surface area contributed by atoms with Crippen LogP contribution in [0.15, 0.2) is 40.9 Å². The van der Waals surface area contributed by atoms with E-state index >= 15 is 0 Å². The SMILES string of the molecule is O=C1N(Cc2ccc(F)c(F)c2)c2ccc(Br)cc2C1(F)F. The number of amides is 1. The van der Waals surface area contributed by atoms with E-state index in [2.05, 4.69) is 15.9 Å². The number of nitrogens with zero attached hydrogens (tertiary/aromatic N) is 1. The fourth-order valence-electron chi connectivity index (χ4n) is 2.37. The van der Waals surface area contributed by atoms with Crippen LogP contribution in [0.5, 0.6) is 0 Å². The molecule has 0 saturated carbocycles. The molecule has 7 heteroatoms. The lowest BCUT2D eigenvalue weighted by molar-refractivity contribution is -0.141. The van der Waals surface area contributed by atoms with Gasteiger partial charge in [0.25, 0.3) is 0 Å². The van der Waals surface area contributed by atoms with Crippen molar-refractivity contribution in [2.24, 2.45) is 0 Å². The van der Waals surface area contributed by atoms with Crippen molar-refractivity contribution in [2.75, 3.05) is 4.90 Å². The molecule has 2 aromatic rings. The number of halogens is 5. The Hall–Kier alpha value is -1.89. The first-order valence-corrected chi connectivity index (χ1v) is 7.04. The van der Waals surface area contributed by atoms with Crippen molar-refractivity contribution in [3.8, 4) is 0 Å². The van der Waals surface area contributed by atoms with Crippen LogP contribution in [-0.4, -0.2) is 5.91 Å². The Kier molecular flexibility index (Phi) is 3.47. The highest BCUT2D eigenvalue weighted by atomic mass is 79.9. The maximum absolute atomic E-state index is 14.1. The molecule has 22 heavy (non-hydrogen) atoms. The molecule has 0 spiro atoms. The van der Waals surface area contributed by atoms with E-state index in [0.29, 0.717) is 4.47 Å². The number of benzene rings is 2. The quantitative estimate of drug-likeness (QED) is 0.716. The van der Waals surface area contributed by atoms with Gasteiger partial charge in [-0.15, -0.1) is 0 Å². The summed E-state index contributed by atoms with van der Waals surface area (Å²) in [6.45, 7) is -0.264. The number of rotatable bonds is 2. The van der Waals surface area contributed by atoms with Gasteiger partial charge in [-0.2, -0.15) is 8.78 Å². The third-order valence-electron chi connectivity index (χ3n) is 3.43. The molecule has 0 N–H and O–H groups in total. The number of hydrogen-bond donors (Lipinski definition) is 0. The Labute approximate surface area is 131 Å². The summed E-state index contributed by atoms with van der Waals surface area (Å²) < 4.78 is 54.7. The van der Waals surface area contributed by atoms with E-state index in [0.717, 1.165) is 17.0 Å². The summed E-state index contributed by atoms with van der Waals surface area (Å²) in [7, 11) is 0. The second-order valence-electron chi connectivity index (χ2n) is 4.88. The lowest BCUT2D eigenvalue weighted by atomic mass is 10.1. The Bertz CT molecular complexity index is 778. The lowest BCUT2D eigenvalue weighted by Crippen LogP contribution is -2.34. The summed E-state index contributed by atoms with van der Waals surface area (Å²) in [5, 5.41) is 0. The molecule has 0 radical (unpaired) electrons. The molecule has 1 amide bonds. The fraction of sp³-hybridized carbons (Fsp3) is 0.133. The van der Waals surface area contributed by atoms with Gasteiger partial charge < -0.3 is 4.90 Å². The van der Waals surface area contributed by atoms with Crippen molar-refractivity contribution >= 4 is 27.5 Å². The Morgan fingerprint density at radius 1 is 1.05 bits per heavy atom. The predicted octanol–water partition coefficient (Wildman–Crippen LogP) is 4.37. The maximum atomic E-state index is 14.1. The van der Waals surface area contributed by atoms with Crippen LogP contribution in [0.1, 0.15) is 11.1 Å². The third kappa shape index (κ3) is 2.29. The monoisotopic (exact) mass is 373 g/mol. The van der Waals surface area contributed by atoms with Crippen LogP contribution >= 0.6 is 15.9 Å². The largest absolute Gasteiger partial charge is 0.352 e. The summed E-state index contributed by atoms with van der Waals surface area (Å²) in [6.07, 6.45) is 0. The minimum Gasteiger partial charge on any atom is -0.302 e. The summed E-state index contributed by atoms with van der Waals surface area (Å²) in [5.41, 5.74) is -0.129. The van der Waals surface area contributed by atoms with Crippen molar-refractivity contribution in [1.82, 2.24) is 0 Å². The molecule has 0 atom stereocenters. The minimum absolute atomic E-state index is 0.0583. The average molecular weight is 374 g/mol. The Morgan fingerprint density at radius 2 is 1.77 bits per heavy atom. The number of alkyl halides is 2. The van der Waals surface area contributed by atoms with E-state index in [9.17, 15) is 22.4 Å². The van der Waals surface area contributed by atoms with Crippen molar-refractivity contribution in [1.29, 1.82) is 0 Å². The summed E-state index contributed by atoms with van der Waals surface area (Å²) in [5.74, 6) is -7.15. The highest BCUT2D eigenvalue weighted by Gasteiger charge is 2.52. The summed E-state index contributed by atoms with van der Waals surface area (Å²) in [6, 6.07) is 7.13.